The second kappa shape index (κ2) is 6.26. The summed E-state index contributed by atoms with van der Waals surface area (Å²) in [4.78, 5) is 1.47. The molecule has 1 heterocycles. The lowest BCUT2D eigenvalue weighted by Crippen LogP contribution is -2.24. The van der Waals surface area contributed by atoms with Gasteiger partial charge in [0.15, 0.2) is 0 Å². The first-order valence-electron chi connectivity index (χ1n) is 6.59. The number of fused-ring (bicyclic) bond motifs is 1. The molecule has 1 nitrogen and oxygen atoms in total. The number of benzene rings is 1. The van der Waals surface area contributed by atoms with Gasteiger partial charge >= 0.3 is 0 Å². The fraction of sp³-hybridized carbons (Fsp3) is 0.333. The van der Waals surface area contributed by atoms with Crippen LogP contribution < -0.4 is 5.32 Å². The molecule has 2 aromatic rings. The minimum Gasteiger partial charge on any atom is -0.306 e. The Labute approximate surface area is 138 Å². The smallest absolute Gasteiger partial charge is 0.123 e. The van der Waals surface area contributed by atoms with E-state index in [-0.39, 0.29) is 5.82 Å². The fourth-order valence-corrected chi connectivity index (χ4v) is 4.85. The highest BCUT2D eigenvalue weighted by Gasteiger charge is 2.22. The minimum absolute atomic E-state index is 0.187. The van der Waals surface area contributed by atoms with Gasteiger partial charge < -0.3 is 5.32 Å². The van der Waals surface area contributed by atoms with Crippen LogP contribution in [0.3, 0.4) is 0 Å². The minimum atomic E-state index is -0.187. The van der Waals surface area contributed by atoms with Gasteiger partial charge in [-0.15, -0.1) is 11.3 Å². The number of aryl methyl sites for hydroxylation is 1. The number of halogens is 3. The van der Waals surface area contributed by atoms with Crippen LogP contribution >= 0.6 is 43.2 Å². The Morgan fingerprint density at radius 3 is 3.00 bits per heavy atom. The molecule has 1 atom stereocenters. The van der Waals surface area contributed by atoms with Crippen LogP contribution in [-0.4, -0.2) is 0 Å². The summed E-state index contributed by atoms with van der Waals surface area (Å²) in [6.07, 6.45) is 3.53. The van der Waals surface area contributed by atoms with Crippen LogP contribution in [0.1, 0.15) is 34.9 Å². The summed E-state index contributed by atoms with van der Waals surface area (Å²) in [6, 6.07) is 7.42. The fourth-order valence-electron chi connectivity index (χ4n) is 2.65. The predicted octanol–water partition coefficient (Wildman–Crippen LogP) is 5.58. The van der Waals surface area contributed by atoms with Gasteiger partial charge in [-0.1, -0.05) is 15.9 Å². The molecule has 1 aliphatic rings. The van der Waals surface area contributed by atoms with Crippen molar-refractivity contribution in [3.05, 3.63) is 54.3 Å². The molecule has 0 bridgehead atoms. The molecular formula is C15H14Br2FNS. The molecule has 0 radical (unpaired) electrons. The lowest BCUT2D eigenvalue weighted by Gasteiger charge is -2.24. The molecule has 5 heteroatoms. The molecule has 0 spiro atoms. The number of nitrogens with one attached hydrogen (secondary N) is 1. The van der Waals surface area contributed by atoms with Crippen molar-refractivity contribution in [2.24, 2.45) is 0 Å². The van der Waals surface area contributed by atoms with E-state index in [2.05, 4.69) is 43.2 Å². The summed E-state index contributed by atoms with van der Waals surface area (Å²) in [5, 5.41) is 3.56. The quantitative estimate of drug-likeness (QED) is 0.685. The van der Waals surface area contributed by atoms with Crippen molar-refractivity contribution in [3.63, 3.8) is 0 Å². The van der Waals surface area contributed by atoms with Gasteiger partial charge in [0, 0.05) is 21.9 Å². The zero-order chi connectivity index (χ0) is 14.1. The van der Waals surface area contributed by atoms with Crippen LogP contribution in [0.2, 0.25) is 0 Å². The van der Waals surface area contributed by atoms with Crippen LogP contribution in [0.25, 0.3) is 0 Å². The van der Waals surface area contributed by atoms with Gasteiger partial charge in [-0.2, -0.15) is 0 Å². The average Bonchev–Trinajstić information content (AvgIpc) is 2.80. The Balaban J connectivity index is 1.74. The second-order valence-corrected chi connectivity index (χ2v) is 8.36. The SMILES string of the molecule is Fc1ccc(Br)c(CNC2CCCc3sc(Br)cc32)c1. The molecule has 106 valence electrons. The van der Waals surface area contributed by atoms with Crippen LogP contribution in [0.15, 0.2) is 32.5 Å². The summed E-state index contributed by atoms with van der Waals surface area (Å²) >= 11 is 8.88. The molecule has 1 aromatic heterocycles. The highest BCUT2D eigenvalue weighted by atomic mass is 79.9. The Bertz CT molecular complexity index is 626. The standard InChI is InChI=1S/C15H14Br2FNS/c16-12-5-4-10(18)6-9(12)8-19-13-2-1-3-14-11(13)7-15(17)20-14/h4-7,13,19H,1-3,8H2. The molecule has 1 unspecified atom stereocenters. The number of hydrogen-bond acceptors (Lipinski definition) is 2. The molecule has 1 aromatic carbocycles. The molecule has 0 aliphatic heterocycles. The zero-order valence-corrected chi connectivity index (χ0v) is 14.7. The largest absolute Gasteiger partial charge is 0.306 e. The van der Waals surface area contributed by atoms with Crippen molar-refractivity contribution in [2.45, 2.75) is 31.8 Å². The lowest BCUT2D eigenvalue weighted by molar-refractivity contribution is 0.462. The Morgan fingerprint density at radius 1 is 1.30 bits per heavy atom. The van der Waals surface area contributed by atoms with E-state index >= 15 is 0 Å². The first-order valence-corrected chi connectivity index (χ1v) is 8.99. The first-order chi connectivity index (χ1) is 9.63. The maximum Gasteiger partial charge on any atom is 0.123 e. The summed E-state index contributed by atoms with van der Waals surface area (Å²) in [5.74, 6) is -0.187. The normalized spacial score (nSPS) is 18.1. The van der Waals surface area contributed by atoms with Gasteiger partial charge in [0.1, 0.15) is 5.82 Å². The molecule has 0 saturated heterocycles. The van der Waals surface area contributed by atoms with Crippen molar-refractivity contribution >= 4 is 43.2 Å². The van der Waals surface area contributed by atoms with Gasteiger partial charge in [-0.05, 0) is 70.6 Å². The molecule has 0 saturated carbocycles. The number of thiophene rings is 1. The predicted molar refractivity (Wildman–Crippen MR) is 88.6 cm³/mol. The molecule has 20 heavy (non-hydrogen) atoms. The van der Waals surface area contributed by atoms with E-state index in [9.17, 15) is 4.39 Å². The number of hydrogen-bond donors (Lipinski definition) is 1. The van der Waals surface area contributed by atoms with Gasteiger partial charge in [0.05, 0.1) is 3.79 Å². The molecule has 1 N–H and O–H groups in total. The van der Waals surface area contributed by atoms with Crippen LogP contribution in [0, 0.1) is 5.82 Å². The first kappa shape index (κ1) is 14.7. The molecule has 0 amide bonds. The summed E-state index contributed by atoms with van der Waals surface area (Å²) in [7, 11) is 0. The third-order valence-corrected chi connectivity index (χ3v) is 6.12. The molecular weight excluding hydrogens is 405 g/mol. The van der Waals surface area contributed by atoms with Crippen molar-refractivity contribution in [1.29, 1.82) is 0 Å². The van der Waals surface area contributed by atoms with Gasteiger partial charge in [0.2, 0.25) is 0 Å². The van der Waals surface area contributed by atoms with Crippen LogP contribution in [0.5, 0.6) is 0 Å². The van der Waals surface area contributed by atoms with Crippen LogP contribution in [-0.2, 0) is 13.0 Å². The van der Waals surface area contributed by atoms with Gasteiger partial charge in [-0.25, -0.2) is 4.39 Å². The summed E-state index contributed by atoms with van der Waals surface area (Å²) in [6.45, 7) is 0.677. The Morgan fingerprint density at radius 2 is 2.15 bits per heavy atom. The summed E-state index contributed by atoms with van der Waals surface area (Å²) < 4.78 is 15.5. The highest BCUT2D eigenvalue weighted by Crippen LogP contribution is 2.38. The van der Waals surface area contributed by atoms with Crippen molar-refractivity contribution in [3.8, 4) is 0 Å². The van der Waals surface area contributed by atoms with Crippen LogP contribution in [0.4, 0.5) is 4.39 Å². The maximum atomic E-state index is 13.3. The van der Waals surface area contributed by atoms with E-state index in [1.807, 2.05) is 11.3 Å². The summed E-state index contributed by atoms with van der Waals surface area (Å²) in [5.41, 5.74) is 2.37. The average molecular weight is 419 g/mol. The lowest BCUT2D eigenvalue weighted by atomic mass is 9.94. The third-order valence-electron chi connectivity index (χ3n) is 3.63. The van der Waals surface area contributed by atoms with E-state index in [1.54, 1.807) is 12.1 Å². The maximum absolute atomic E-state index is 13.3. The van der Waals surface area contributed by atoms with E-state index in [0.717, 1.165) is 16.5 Å². The monoisotopic (exact) mass is 417 g/mol. The Kier molecular flexibility index (Phi) is 4.60. The zero-order valence-electron chi connectivity index (χ0n) is 10.8. The number of rotatable bonds is 3. The Hall–Kier alpha value is -0.230. The third kappa shape index (κ3) is 3.16. The van der Waals surface area contributed by atoms with Gasteiger partial charge in [-0.3, -0.25) is 0 Å². The van der Waals surface area contributed by atoms with E-state index < -0.39 is 0 Å². The van der Waals surface area contributed by atoms with Gasteiger partial charge in [0.25, 0.3) is 0 Å². The van der Waals surface area contributed by atoms with Crippen molar-refractivity contribution < 1.29 is 4.39 Å². The molecule has 3 rings (SSSR count). The highest BCUT2D eigenvalue weighted by molar-refractivity contribution is 9.11. The van der Waals surface area contributed by atoms with E-state index in [4.69, 9.17) is 0 Å². The molecule has 0 fully saturated rings. The van der Waals surface area contributed by atoms with E-state index in [0.29, 0.717) is 12.6 Å². The topological polar surface area (TPSA) is 12.0 Å². The molecule has 1 aliphatic carbocycles. The second-order valence-electron chi connectivity index (χ2n) is 4.99. The van der Waals surface area contributed by atoms with E-state index in [1.165, 1.54) is 33.1 Å². The van der Waals surface area contributed by atoms with Crippen molar-refractivity contribution in [2.75, 3.05) is 0 Å². The van der Waals surface area contributed by atoms with Crippen molar-refractivity contribution in [1.82, 2.24) is 5.32 Å².